The molecule has 6 aliphatic rings. The first-order valence-electron chi connectivity index (χ1n) is 18.2. The SMILES string of the molecule is CC1C=C(P(=O)(C2=CCCCC2)C2=CC=CC(N3C4=C(CNC=C4)c4ccc5ccn(-c6ccccc6)c5c4C4C=NC=C[C@@H]43)N2C)C=CC1. The van der Waals surface area contributed by atoms with Gasteiger partial charge in [0.1, 0.15) is 6.17 Å². The van der Waals surface area contributed by atoms with Gasteiger partial charge < -0.3 is 24.2 Å². The fourth-order valence-electron chi connectivity index (χ4n) is 8.92. The number of dihydropyridines is 1. The molecule has 2 aliphatic carbocycles. The number of nitrogens with one attached hydrogen (secondary N) is 1. The molecule has 0 fully saturated rings. The van der Waals surface area contributed by atoms with E-state index in [2.05, 4.69) is 155 Å². The molecule has 5 heterocycles. The number of aliphatic imine (C=N–C) groups is 1. The monoisotopic (exact) mass is 677 g/mol. The fourth-order valence-corrected chi connectivity index (χ4v) is 12.3. The first-order chi connectivity index (χ1) is 24.5. The Morgan fingerprint density at radius 2 is 1.92 bits per heavy atom. The molecule has 1 N–H and O–H groups in total. The minimum Gasteiger partial charge on any atom is -0.387 e. The van der Waals surface area contributed by atoms with Gasteiger partial charge in [0.15, 0.2) is 7.14 Å². The number of fused-ring (bicyclic) bond motifs is 6. The second-order valence-corrected chi connectivity index (χ2v) is 17.1. The van der Waals surface area contributed by atoms with Crippen molar-refractivity contribution in [1.82, 2.24) is 19.7 Å². The number of para-hydroxylation sites is 1. The van der Waals surface area contributed by atoms with Gasteiger partial charge in [-0.1, -0.05) is 67.6 Å². The molecule has 0 saturated heterocycles. The quantitative estimate of drug-likeness (QED) is 0.273. The lowest BCUT2D eigenvalue weighted by Gasteiger charge is -2.48. The molecule has 0 bridgehead atoms. The van der Waals surface area contributed by atoms with Crippen LogP contribution in [0.4, 0.5) is 0 Å². The maximum atomic E-state index is 15.9. The molecule has 9 rings (SSSR count). The lowest BCUT2D eigenvalue weighted by Crippen LogP contribution is -2.51. The van der Waals surface area contributed by atoms with Gasteiger partial charge in [-0.05, 0) is 103 Å². The molecule has 6 nitrogen and oxygen atoms in total. The lowest BCUT2D eigenvalue weighted by atomic mass is 9.85. The summed E-state index contributed by atoms with van der Waals surface area (Å²) < 4.78 is 18.3. The average molecular weight is 678 g/mol. The van der Waals surface area contributed by atoms with Gasteiger partial charge in [-0.15, -0.1) is 0 Å². The van der Waals surface area contributed by atoms with E-state index in [0.29, 0.717) is 5.92 Å². The Morgan fingerprint density at radius 3 is 2.76 bits per heavy atom. The molecular weight excluding hydrogens is 633 g/mol. The van der Waals surface area contributed by atoms with Gasteiger partial charge >= 0.3 is 0 Å². The van der Waals surface area contributed by atoms with Crippen molar-refractivity contribution in [1.29, 1.82) is 0 Å². The summed E-state index contributed by atoms with van der Waals surface area (Å²) in [4.78, 5) is 9.68. The largest absolute Gasteiger partial charge is 0.387 e. The number of likely N-dealkylation sites (N-methyl/N-ethyl adjacent to an activating group) is 1. The third-order valence-corrected chi connectivity index (χ3v) is 14.6. The molecule has 7 heteroatoms. The summed E-state index contributed by atoms with van der Waals surface area (Å²) >= 11 is 0. The number of aromatic nitrogens is 1. The zero-order valence-corrected chi connectivity index (χ0v) is 29.7. The van der Waals surface area contributed by atoms with E-state index >= 15 is 4.57 Å². The number of hydrogen-bond donors (Lipinski definition) is 1. The van der Waals surface area contributed by atoms with Crippen LogP contribution in [0.25, 0.3) is 22.2 Å². The van der Waals surface area contributed by atoms with Crippen LogP contribution < -0.4 is 5.32 Å². The van der Waals surface area contributed by atoms with E-state index in [1.165, 1.54) is 33.3 Å². The normalized spacial score (nSPS) is 26.7. The summed E-state index contributed by atoms with van der Waals surface area (Å²) in [6.45, 7) is 2.95. The van der Waals surface area contributed by atoms with Crippen LogP contribution in [0.3, 0.4) is 0 Å². The van der Waals surface area contributed by atoms with E-state index in [1.807, 2.05) is 6.20 Å². The van der Waals surface area contributed by atoms with E-state index in [0.717, 1.165) is 60.4 Å². The molecule has 5 atom stereocenters. The highest BCUT2D eigenvalue weighted by Crippen LogP contribution is 2.71. The lowest BCUT2D eigenvalue weighted by molar-refractivity contribution is 0.137. The Hall–Kier alpha value is -4.80. The Labute approximate surface area is 295 Å². The van der Waals surface area contributed by atoms with Crippen molar-refractivity contribution < 1.29 is 4.57 Å². The molecule has 50 heavy (non-hydrogen) atoms. The van der Waals surface area contributed by atoms with Crippen LogP contribution in [0.5, 0.6) is 0 Å². The summed E-state index contributed by atoms with van der Waals surface area (Å²) in [6, 6.07) is 17.4. The molecule has 0 saturated carbocycles. The number of benzene rings is 2. The van der Waals surface area contributed by atoms with Gasteiger partial charge in [0.25, 0.3) is 0 Å². The molecule has 4 aliphatic heterocycles. The van der Waals surface area contributed by atoms with Gasteiger partial charge in [0.2, 0.25) is 0 Å². The maximum Gasteiger partial charge on any atom is 0.181 e. The molecule has 1 aromatic heterocycles. The van der Waals surface area contributed by atoms with E-state index in [4.69, 9.17) is 4.99 Å². The zero-order chi connectivity index (χ0) is 33.8. The van der Waals surface area contributed by atoms with Crippen LogP contribution in [0.1, 0.15) is 56.1 Å². The molecule has 0 amide bonds. The first-order valence-corrected chi connectivity index (χ1v) is 19.9. The Balaban J connectivity index is 1.21. The van der Waals surface area contributed by atoms with E-state index in [1.54, 1.807) is 0 Å². The van der Waals surface area contributed by atoms with E-state index < -0.39 is 7.14 Å². The van der Waals surface area contributed by atoms with Crippen LogP contribution in [0.2, 0.25) is 0 Å². The standard InChI is InChI=1S/C43H44N5OP/c1-30-11-9-16-34(27-30)50(49,33-14-7-4-8-15-33)41-18-10-17-40(46(41)2)48-38-21-24-44-28-36(38)35-20-19-31-23-26-47(32-12-5-3-6-13-32)43(31)42(35)37-29-45-25-22-39(37)48/h3,5-6,9-10,12-14,16-27,29-30,37,39-40,44H,4,7-8,11,15,28H2,1-2H3/t30?,37?,39-,40?,50?/m0/s1. The highest BCUT2D eigenvalue weighted by Gasteiger charge is 2.45. The summed E-state index contributed by atoms with van der Waals surface area (Å²) in [5.74, 6) is 0.355. The summed E-state index contributed by atoms with van der Waals surface area (Å²) in [6.07, 6.45) is 33.4. The maximum absolute atomic E-state index is 15.9. The minimum absolute atomic E-state index is 0.0103. The first kappa shape index (κ1) is 31.2. The van der Waals surface area contributed by atoms with Crippen molar-refractivity contribution in [3.05, 3.63) is 155 Å². The molecular formula is C43H44N5OP. The summed E-state index contributed by atoms with van der Waals surface area (Å²) in [5.41, 5.74) is 8.30. The molecule has 0 spiro atoms. The third-order valence-electron chi connectivity index (χ3n) is 11.3. The van der Waals surface area contributed by atoms with Gasteiger partial charge in [0, 0.05) is 65.8 Å². The fraction of sp³-hybridized carbons (Fsp3) is 0.279. The summed E-state index contributed by atoms with van der Waals surface area (Å²) in [7, 11) is -0.927. The van der Waals surface area contributed by atoms with Crippen LogP contribution >= 0.6 is 7.14 Å². The van der Waals surface area contributed by atoms with Crippen molar-refractivity contribution >= 4 is 29.8 Å². The van der Waals surface area contributed by atoms with Crippen LogP contribution in [0, 0.1) is 5.92 Å². The number of rotatable bonds is 5. The highest BCUT2D eigenvalue weighted by atomic mass is 31.2. The van der Waals surface area contributed by atoms with Crippen molar-refractivity contribution in [3.63, 3.8) is 0 Å². The smallest absolute Gasteiger partial charge is 0.181 e. The van der Waals surface area contributed by atoms with E-state index in [-0.39, 0.29) is 18.1 Å². The second kappa shape index (κ2) is 12.5. The van der Waals surface area contributed by atoms with Gasteiger partial charge in [-0.2, -0.15) is 0 Å². The topological polar surface area (TPSA) is 52.9 Å². The van der Waals surface area contributed by atoms with Crippen LogP contribution in [-0.4, -0.2) is 46.4 Å². The Morgan fingerprint density at radius 1 is 1.02 bits per heavy atom. The Kier molecular flexibility index (Phi) is 7.81. The van der Waals surface area contributed by atoms with Crippen molar-refractivity contribution in [2.45, 2.75) is 57.2 Å². The highest BCUT2D eigenvalue weighted by molar-refractivity contribution is 7.76. The minimum atomic E-state index is -3.08. The molecule has 4 unspecified atom stereocenters. The van der Waals surface area contributed by atoms with Crippen molar-refractivity contribution in [3.8, 4) is 5.69 Å². The van der Waals surface area contributed by atoms with E-state index in [9.17, 15) is 0 Å². The molecule has 3 aromatic rings. The second-order valence-electron chi connectivity index (χ2n) is 14.3. The van der Waals surface area contributed by atoms with Crippen molar-refractivity contribution in [2.24, 2.45) is 10.9 Å². The number of hydrogen-bond acceptors (Lipinski definition) is 5. The van der Waals surface area contributed by atoms with Gasteiger partial charge in [-0.25, -0.2) is 0 Å². The average Bonchev–Trinajstić information content (AvgIpc) is 3.56. The summed E-state index contributed by atoms with van der Waals surface area (Å²) in [5, 5.41) is 6.88. The number of allylic oxidation sites excluding steroid dienone is 9. The van der Waals surface area contributed by atoms with Gasteiger partial charge in [0.05, 0.1) is 17.0 Å². The molecule has 0 radical (unpaired) electrons. The van der Waals surface area contributed by atoms with Crippen LogP contribution in [-0.2, 0) is 4.57 Å². The molecule has 2 aromatic carbocycles. The Bertz CT molecular complexity index is 2190. The number of nitrogens with zero attached hydrogens (tertiary/aromatic N) is 4. The predicted molar refractivity (Wildman–Crippen MR) is 207 cm³/mol. The molecule has 252 valence electrons. The predicted octanol–water partition coefficient (Wildman–Crippen LogP) is 9.79. The van der Waals surface area contributed by atoms with Crippen molar-refractivity contribution in [2.75, 3.05) is 13.6 Å². The third kappa shape index (κ3) is 4.91. The zero-order valence-electron chi connectivity index (χ0n) is 28.8. The van der Waals surface area contributed by atoms with Gasteiger partial charge in [-0.3, -0.25) is 4.99 Å². The van der Waals surface area contributed by atoms with Crippen LogP contribution in [0.15, 0.2) is 149 Å².